The number of methoxy groups -OCH3 is 1. The molecule has 3 aromatic heterocycles. The van der Waals surface area contributed by atoms with E-state index in [4.69, 9.17) is 4.74 Å². The molecule has 1 aliphatic rings. The average molecular weight is 453 g/mol. The molecule has 1 aliphatic heterocycles. The summed E-state index contributed by atoms with van der Waals surface area (Å²) in [5.41, 5.74) is 5.31. The number of benzene rings is 1. The van der Waals surface area contributed by atoms with Gasteiger partial charge in [-0.15, -0.1) is 0 Å². The molecule has 0 saturated carbocycles. The number of carbonyl (C=O) groups is 1. The van der Waals surface area contributed by atoms with Crippen LogP contribution >= 0.6 is 0 Å². The molecule has 0 fully saturated rings. The number of pyridine rings is 2. The van der Waals surface area contributed by atoms with Gasteiger partial charge in [-0.3, -0.25) is 14.8 Å². The molecule has 8 heteroatoms. The number of halogens is 1. The normalized spacial score (nSPS) is 12.6. The summed E-state index contributed by atoms with van der Waals surface area (Å²) in [7, 11) is 1.58. The minimum Gasteiger partial charge on any atom is -0.496 e. The van der Waals surface area contributed by atoms with E-state index in [1.807, 2.05) is 16.7 Å². The largest absolute Gasteiger partial charge is 0.496 e. The predicted molar refractivity (Wildman–Crippen MR) is 124 cm³/mol. The summed E-state index contributed by atoms with van der Waals surface area (Å²) in [6, 6.07) is 11.8. The van der Waals surface area contributed by atoms with Crippen molar-refractivity contribution in [2.45, 2.75) is 13.0 Å². The molecule has 7 nitrogen and oxygen atoms in total. The lowest BCUT2D eigenvalue weighted by atomic mass is 9.95. The van der Waals surface area contributed by atoms with Crippen molar-refractivity contribution in [1.82, 2.24) is 19.9 Å². The Morgan fingerprint density at radius 2 is 1.94 bits per heavy atom. The molecule has 0 aliphatic carbocycles. The van der Waals surface area contributed by atoms with Crippen LogP contribution in [-0.2, 0) is 13.0 Å². The first-order valence-corrected chi connectivity index (χ1v) is 10.7. The third-order valence-corrected chi connectivity index (χ3v) is 5.99. The lowest BCUT2D eigenvalue weighted by molar-refractivity contribution is 0.0946. The first-order valence-electron chi connectivity index (χ1n) is 10.7. The van der Waals surface area contributed by atoms with E-state index in [1.165, 1.54) is 12.1 Å². The van der Waals surface area contributed by atoms with Crippen LogP contribution < -0.4 is 10.1 Å². The highest BCUT2D eigenvalue weighted by atomic mass is 19.1. The molecule has 1 N–H and O–H groups in total. The second-order valence-electron chi connectivity index (χ2n) is 7.86. The highest BCUT2D eigenvalue weighted by Gasteiger charge is 2.32. The zero-order chi connectivity index (χ0) is 23.7. The van der Waals surface area contributed by atoms with E-state index in [9.17, 15) is 14.4 Å². The maximum absolute atomic E-state index is 13.8. The number of amides is 1. The minimum atomic E-state index is -0.468. The SMILES string of the molecule is COc1ccncc1-c1c2c(n(Cc3ccc(F)cc3C#N)c1-c1ccncc1)CCNC2=O. The maximum Gasteiger partial charge on any atom is 0.253 e. The third-order valence-electron chi connectivity index (χ3n) is 5.99. The van der Waals surface area contributed by atoms with Crippen molar-refractivity contribution in [2.75, 3.05) is 13.7 Å². The summed E-state index contributed by atoms with van der Waals surface area (Å²) in [6.45, 7) is 0.781. The van der Waals surface area contributed by atoms with E-state index in [1.54, 1.807) is 44.0 Å². The van der Waals surface area contributed by atoms with Gasteiger partial charge in [0.25, 0.3) is 5.91 Å². The van der Waals surface area contributed by atoms with Crippen molar-refractivity contribution in [3.05, 3.63) is 89.4 Å². The van der Waals surface area contributed by atoms with Crippen LogP contribution in [0.4, 0.5) is 4.39 Å². The highest BCUT2D eigenvalue weighted by Crippen LogP contribution is 2.43. The van der Waals surface area contributed by atoms with E-state index in [-0.39, 0.29) is 11.5 Å². The van der Waals surface area contributed by atoms with E-state index in [0.717, 1.165) is 17.0 Å². The second-order valence-corrected chi connectivity index (χ2v) is 7.86. The Hall–Kier alpha value is -4.51. The molecule has 34 heavy (non-hydrogen) atoms. The number of carbonyl (C=O) groups excluding carboxylic acids is 1. The number of nitriles is 1. The van der Waals surface area contributed by atoms with E-state index in [2.05, 4.69) is 21.4 Å². The fourth-order valence-corrected chi connectivity index (χ4v) is 4.51. The Bertz CT molecular complexity index is 1440. The van der Waals surface area contributed by atoms with Crippen LogP contribution in [0.25, 0.3) is 22.4 Å². The Morgan fingerprint density at radius 1 is 1.15 bits per heavy atom. The van der Waals surface area contributed by atoms with E-state index >= 15 is 0 Å². The predicted octanol–water partition coefficient (Wildman–Crippen LogP) is 3.97. The van der Waals surface area contributed by atoms with Gasteiger partial charge in [0.1, 0.15) is 11.6 Å². The molecule has 0 bridgehead atoms. The number of fused-ring (bicyclic) bond motifs is 1. The first kappa shape index (κ1) is 21.3. The van der Waals surface area contributed by atoms with Gasteiger partial charge in [-0.25, -0.2) is 4.39 Å². The van der Waals surface area contributed by atoms with Crippen molar-refractivity contribution in [2.24, 2.45) is 0 Å². The lowest BCUT2D eigenvalue weighted by Crippen LogP contribution is -2.32. The molecule has 1 aromatic carbocycles. The smallest absolute Gasteiger partial charge is 0.253 e. The number of hydrogen-bond donors (Lipinski definition) is 1. The number of aromatic nitrogens is 3. The molecule has 4 aromatic rings. The van der Waals surface area contributed by atoms with Gasteiger partial charge in [0, 0.05) is 66.7 Å². The third kappa shape index (κ3) is 3.57. The summed E-state index contributed by atoms with van der Waals surface area (Å²) >= 11 is 0. The Labute approximate surface area is 195 Å². The Morgan fingerprint density at radius 3 is 2.71 bits per heavy atom. The monoisotopic (exact) mass is 453 g/mol. The number of rotatable bonds is 5. The molecule has 0 saturated heterocycles. The van der Waals surface area contributed by atoms with Crippen LogP contribution in [0.15, 0.2) is 61.2 Å². The Kier molecular flexibility index (Phi) is 5.52. The molecule has 0 unspecified atom stereocenters. The van der Waals surface area contributed by atoms with Gasteiger partial charge in [-0.2, -0.15) is 5.26 Å². The van der Waals surface area contributed by atoms with E-state index < -0.39 is 5.82 Å². The first-order chi connectivity index (χ1) is 16.6. The number of nitrogens with one attached hydrogen (secondary N) is 1. The van der Waals surface area contributed by atoms with Gasteiger partial charge in [-0.1, -0.05) is 6.07 Å². The molecule has 0 radical (unpaired) electrons. The topological polar surface area (TPSA) is 92.8 Å². The van der Waals surface area contributed by atoms with Crippen LogP contribution in [0.3, 0.4) is 0 Å². The summed E-state index contributed by atoms with van der Waals surface area (Å²) in [4.78, 5) is 21.6. The van der Waals surface area contributed by atoms with Crippen LogP contribution in [-0.4, -0.2) is 34.1 Å². The fourth-order valence-electron chi connectivity index (χ4n) is 4.51. The number of ether oxygens (including phenoxy) is 1. The van der Waals surface area contributed by atoms with Crippen LogP contribution in [0.1, 0.15) is 27.2 Å². The molecule has 0 spiro atoms. The van der Waals surface area contributed by atoms with Crippen molar-refractivity contribution in [3.63, 3.8) is 0 Å². The summed E-state index contributed by atoms with van der Waals surface area (Å²) < 4.78 is 21.5. The second kappa shape index (κ2) is 8.79. The van der Waals surface area contributed by atoms with Gasteiger partial charge in [0.2, 0.25) is 0 Å². The van der Waals surface area contributed by atoms with E-state index in [0.29, 0.717) is 47.5 Å². The van der Waals surface area contributed by atoms with Crippen LogP contribution in [0, 0.1) is 17.1 Å². The lowest BCUT2D eigenvalue weighted by Gasteiger charge is -2.18. The summed E-state index contributed by atoms with van der Waals surface area (Å²) in [6.07, 6.45) is 7.30. The summed E-state index contributed by atoms with van der Waals surface area (Å²) in [5, 5.41) is 12.6. The molecule has 4 heterocycles. The molecular formula is C26H20FN5O2. The van der Waals surface area contributed by atoms with Crippen molar-refractivity contribution < 1.29 is 13.9 Å². The zero-order valence-corrected chi connectivity index (χ0v) is 18.4. The van der Waals surface area contributed by atoms with Gasteiger partial charge in [0.05, 0.1) is 30.0 Å². The minimum absolute atomic E-state index is 0.184. The maximum atomic E-state index is 13.8. The standard InChI is InChI=1S/C26H20FN5O2/c1-34-22-7-10-30-14-20(22)23-24-21(6-11-31-26(24)33)32(25(23)16-4-8-29-9-5-16)15-17-2-3-19(27)12-18(17)13-28/h2-5,7-10,12,14H,6,11,15H2,1H3,(H,31,33). The summed E-state index contributed by atoms with van der Waals surface area (Å²) in [5.74, 6) is -0.0664. The highest BCUT2D eigenvalue weighted by molar-refractivity contribution is 6.07. The van der Waals surface area contributed by atoms with Gasteiger partial charge in [-0.05, 0) is 35.9 Å². The van der Waals surface area contributed by atoms with Crippen molar-refractivity contribution in [1.29, 1.82) is 5.26 Å². The van der Waals surface area contributed by atoms with Crippen LogP contribution in [0.2, 0.25) is 0 Å². The number of nitrogens with zero attached hydrogens (tertiary/aromatic N) is 4. The molecule has 168 valence electrons. The van der Waals surface area contributed by atoms with Gasteiger partial charge < -0.3 is 14.6 Å². The quantitative estimate of drug-likeness (QED) is 0.494. The molecular weight excluding hydrogens is 433 g/mol. The molecule has 1 amide bonds. The van der Waals surface area contributed by atoms with Crippen molar-refractivity contribution in [3.8, 4) is 34.2 Å². The van der Waals surface area contributed by atoms with Crippen LogP contribution in [0.5, 0.6) is 5.75 Å². The van der Waals surface area contributed by atoms with Gasteiger partial charge >= 0.3 is 0 Å². The molecule has 5 rings (SSSR count). The molecule has 0 atom stereocenters. The average Bonchev–Trinajstić information content (AvgIpc) is 3.20. The van der Waals surface area contributed by atoms with Crippen molar-refractivity contribution >= 4 is 5.91 Å². The van der Waals surface area contributed by atoms with Gasteiger partial charge in [0.15, 0.2) is 0 Å². The fraction of sp³-hybridized carbons (Fsp3) is 0.154. The Balaban J connectivity index is 1.85. The number of hydrogen-bond acceptors (Lipinski definition) is 5. The zero-order valence-electron chi connectivity index (χ0n) is 18.4.